The van der Waals surface area contributed by atoms with Gasteiger partial charge in [-0.15, -0.1) is 0 Å². The van der Waals surface area contributed by atoms with Crippen molar-refractivity contribution in [3.8, 4) is 0 Å². The number of nitrogens with zero attached hydrogens (tertiary/aromatic N) is 1. The fourth-order valence-corrected chi connectivity index (χ4v) is 4.89. The molecule has 3 aromatic carbocycles. The summed E-state index contributed by atoms with van der Waals surface area (Å²) in [6.07, 6.45) is 0. The summed E-state index contributed by atoms with van der Waals surface area (Å²) in [5.41, 5.74) is 3.13. The molecular formula is C24H22ClN3O5S. The highest BCUT2D eigenvalue weighted by Gasteiger charge is 2.26. The lowest BCUT2D eigenvalue weighted by Gasteiger charge is -2.28. The van der Waals surface area contributed by atoms with E-state index in [4.69, 9.17) is 16.3 Å². The molecule has 0 radical (unpaired) electrons. The van der Waals surface area contributed by atoms with Gasteiger partial charge in [-0.05, 0) is 67.1 Å². The second-order valence-corrected chi connectivity index (χ2v) is 9.98. The minimum Gasteiger partial charge on any atom is -0.362 e. The predicted molar refractivity (Wildman–Crippen MR) is 132 cm³/mol. The molecule has 0 atom stereocenters. The molecule has 0 aliphatic carbocycles. The van der Waals surface area contributed by atoms with Crippen LogP contribution in [0.5, 0.6) is 0 Å². The third-order valence-electron chi connectivity index (χ3n) is 5.25. The zero-order valence-corrected chi connectivity index (χ0v) is 19.8. The van der Waals surface area contributed by atoms with E-state index in [0.717, 1.165) is 5.56 Å². The number of hydrogen-bond donors (Lipinski definition) is 2. The van der Waals surface area contributed by atoms with Crippen molar-refractivity contribution in [3.63, 3.8) is 0 Å². The van der Waals surface area contributed by atoms with Crippen molar-refractivity contribution < 1.29 is 22.7 Å². The van der Waals surface area contributed by atoms with Crippen LogP contribution in [0.25, 0.3) is 0 Å². The van der Waals surface area contributed by atoms with E-state index < -0.39 is 10.0 Å². The number of sulfonamides is 1. The molecule has 176 valence electrons. The van der Waals surface area contributed by atoms with E-state index in [-0.39, 0.29) is 24.3 Å². The van der Waals surface area contributed by atoms with E-state index in [2.05, 4.69) is 10.6 Å². The number of carbonyl (C=O) groups is 2. The first-order valence-electron chi connectivity index (χ1n) is 10.4. The summed E-state index contributed by atoms with van der Waals surface area (Å²) in [5.74, 6) is -1.05. The standard InChI is InChI=1S/C24H22ClN3O5S/c1-16-5-8-20(14-22(16)27-24(30)18-3-2-4-19(25)13-18)26-23(29)17-6-9-21(10-7-17)28-11-12-33-15-34(28,31)32/h2-10,13-14H,11-12,15H2,1H3,(H,26,29)(H,27,30). The minimum atomic E-state index is -3.53. The monoisotopic (exact) mass is 499 g/mol. The van der Waals surface area contributed by atoms with Crippen LogP contribution in [-0.2, 0) is 14.8 Å². The highest BCUT2D eigenvalue weighted by atomic mass is 35.5. The van der Waals surface area contributed by atoms with Crippen LogP contribution in [-0.4, -0.2) is 39.3 Å². The largest absolute Gasteiger partial charge is 0.362 e. The SMILES string of the molecule is Cc1ccc(NC(=O)c2ccc(N3CCOCS3(=O)=O)cc2)cc1NC(=O)c1cccc(Cl)c1. The lowest BCUT2D eigenvalue weighted by Crippen LogP contribution is -2.41. The second-order valence-electron chi connectivity index (χ2n) is 7.71. The predicted octanol–water partition coefficient (Wildman–Crippen LogP) is 4.28. The van der Waals surface area contributed by atoms with E-state index in [9.17, 15) is 18.0 Å². The van der Waals surface area contributed by atoms with Gasteiger partial charge in [0.15, 0.2) is 5.94 Å². The van der Waals surface area contributed by atoms with Gasteiger partial charge >= 0.3 is 0 Å². The first-order chi connectivity index (χ1) is 16.2. The summed E-state index contributed by atoms with van der Waals surface area (Å²) < 4.78 is 30.6. The Labute approximate surface area is 202 Å². The Morgan fingerprint density at radius 1 is 0.941 bits per heavy atom. The summed E-state index contributed by atoms with van der Waals surface area (Å²) in [7, 11) is -3.53. The number of nitrogens with one attached hydrogen (secondary N) is 2. The van der Waals surface area contributed by atoms with Crippen molar-refractivity contribution in [1.82, 2.24) is 0 Å². The molecule has 0 spiro atoms. The van der Waals surface area contributed by atoms with Crippen LogP contribution in [0.2, 0.25) is 5.02 Å². The molecule has 4 rings (SSSR count). The summed E-state index contributed by atoms with van der Waals surface area (Å²) in [5, 5.41) is 6.10. The Bertz CT molecular complexity index is 1340. The molecule has 8 nitrogen and oxygen atoms in total. The van der Waals surface area contributed by atoms with E-state index in [1.165, 1.54) is 4.31 Å². The van der Waals surface area contributed by atoms with Gasteiger partial charge in [0, 0.05) is 27.5 Å². The maximum absolute atomic E-state index is 12.7. The molecule has 0 unspecified atom stereocenters. The molecule has 3 aromatic rings. The zero-order chi connectivity index (χ0) is 24.3. The highest BCUT2D eigenvalue weighted by Crippen LogP contribution is 2.24. The van der Waals surface area contributed by atoms with E-state index in [1.807, 2.05) is 6.92 Å². The number of ether oxygens (including phenoxy) is 1. The van der Waals surface area contributed by atoms with Gasteiger partial charge in [-0.2, -0.15) is 0 Å². The quantitative estimate of drug-likeness (QED) is 0.545. The van der Waals surface area contributed by atoms with E-state index >= 15 is 0 Å². The Hall–Kier alpha value is -3.40. The summed E-state index contributed by atoms with van der Waals surface area (Å²) >= 11 is 5.97. The van der Waals surface area contributed by atoms with E-state index in [1.54, 1.807) is 66.7 Å². The van der Waals surface area contributed by atoms with Crippen molar-refractivity contribution >= 4 is 50.5 Å². The van der Waals surface area contributed by atoms with Crippen LogP contribution in [0.4, 0.5) is 17.1 Å². The maximum atomic E-state index is 12.7. The van der Waals surface area contributed by atoms with Gasteiger partial charge in [-0.3, -0.25) is 13.9 Å². The number of anilines is 3. The number of rotatable bonds is 5. The normalized spacial score (nSPS) is 14.9. The van der Waals surface area contributed by atoms with Crippen molar-refractivity contribution in [1.29, 1.82) is 0 Å². The molecule has 2 amide bonds. The average molecular weight is 500 g/mol. The lowest BCUT2D eigenvalue weighted by molar-refractivity contribution is 0.101. The summed E-state index contributed by atoms with van der Waals surface area (Å²) in [6, 6.07) is 18.1. The number of halogens is 1. The lowest BCUT2D eigenvalue weighted by atomic mass is 10.1. The van der Waals surface area contributed by atoms with Gasteiger partial charge in [-0.1, -0.05) is 23.7 Å². The fourth-order valence-electron chi connectivity index (χ4n) is 3.45. The topological polar surface area (TPSA) is 105 Å². The zero-order valence-electron chi connectivity index (χ0n) is 18.2. The number of carbonyl (C=O) groups excluding carboxylic acids is 2. The number of aryl methyl sites for hydroxylation is 1. The van der Waals surface area contributed by atoms with Gasteiger partial charge in [0.25, 0.3) is 21.8 Å². The summed E-state index contributed by atoms with van der Waals surface area (Å²) in [4.78, 5) is 25.3. The fraction of sp³-hybridized carbons (Fsp3) is 0.167. The van der Waals surface area contributed by atoms with Crippen LogP contribution >= 0.6 is 11.6 Å². The average Bonchev–Trinajstić information content (AvgIpc) is 2.81. The second kappa shape index (κ2) is 9.84. The third kappa shape index (κ3) is 5.39. The van der Waals surface area contributed by atoms with Gasteiger partial charge in [0.2, 0.25) is 0 Å². The van der Waals surface area contributed by atoms with Crippen molar-refractivity contribution in [2.75, 3.05) is 34.0 Å². The molecule has 34 heavy (non-hydrogen) atoms. The van der Waals surface area contributed by atoms with Crippen molar-refractivity contribution in [3.05, 3.63) is 88.4 Å². The molecule has 0 saturated carbocycles. The Kier molecular flexibility index (Phi) is 6.87. The highest BCUT2D eigenvalue weighted by molar-refractivity contribution is 7.92. The molecule has 0 aromatic heterocycles. The van der Waals surface area contributed by atoms with Crippen LogP contribution in [0, 0.1) is 6.92 Å². The Morgan fingerprint density at radius 3 is 2.38 bits per heavy atom. The maximum Gasteiger partial charge on any atom is 0.259 e. The molecular weight excluding hydrogens is 478 g/mol. The van der Waals surface area contributed by atoms with Gasteiger partial charge in [0.05, 0.1) is 18.8 Å². The van der Waals surface area contributed by atoms with Crippen LogP contribution in [0.15, 0.2) is 66.7 Å². The van der Waals surface area contributed by atoms with Crippen LogP contribution < -0.4 is 14.9 Å². The first-order valence-corrected chi connectivity index (χ1v) is 12.4. The molecule has 1 saturated heterocycles. The van der Waals surface area contributed by atoms with Crippen molar-refractivity contribution in [2.45, 2.75) is 6.92 Å². The molecule has 0 bridgehead atoms. The van der Waals surface area contributed by atoms with Gasteiger partial charge in [-0.25, -0.2) is 8.42 Å². The van der Waals surface area contributed by atoms with Gasteiger partial charge < -0.3 is 15.4 Å². The molecule has 1 aliphatic heterocycles. The minimum absolute atomic E-state index is 0.223. The number of amides is 2. The van der Waals surface area contributed by atoms with Gasteiger partial charge in [0.1, 0.15) is 0 Å². The Balaban J connectivity index is 1.46. The molecule has 1 aliphatic rings. The van der Waals surface area contributed by atoms with Crippen molar-refractivity contribution in [2.24, 2.45) is 0 Å². The molecule has 2 N–H and O–H groups in total. The smallest absolute Gasteiger partial charge is 0.259 e. The third-order valence-corrected chi connectivity index (χ3v) is 7.02. The number of benzene rings is 3. The molecule has 10 heteroatoms. The van der Waals surface area contributed by atoms with Crippen LogP contribution in [0.1, 0.15) is 26.3 Å². The van der Waals surface area contributed by atoms with E-state index in [0.29, 0.717) is 39.8 Å². The molecule has 1 heterocycles. The van der Waals surface area contributed by atoms with Crippen LogP contribution in [0.3, 0.4) is 0 Å². The summed E-state index contributed by atoms with van der Waals surface area (Å²) in [6.45, 7) is 2.38. The molecule has 1 fully saturated rings. The first kappa shape index (κ1) is 23.7. The number of hydrogen-bond acceptors (Lipinski definition) is 5. The Morgan fingerprint density at radius 2 is 1.68 bits per heavy atom.